The van der Waals surface area contributed by atoms with E-state index in [0.717, 1.165) is 61.3 Å². The summed E-state index contributed by atoms with van der Waals surface area (Å²) in [6.07, 6.45) is 0.875. The van der Waals surface area contributed by atoms with Gasteiger partial charge < -0.3 is 19.7 Å². The Balaban J connectivity index is 1.47. The summed E-state index contributed by atoms with van der Waals surface area (Å²) in [4.78, 5) is 35.2. The zero-order valence-corrected chi connectivity index (χ0v) is 22.4. The van der Waals surface area contributed by atoms with Crippen LogP contribution in [0.15, 0.2) is 51.6 Å². The number of rotatable bonds is 9. The molecule has 0 saturated carbocycles. The lowest BCUT2D eigenvalue weighted by Crippen LogP contribution is -2.39. The second kappa shape index (κ2) is 12.1. The molecular weight excluding hydrogens is 476 g/mol. The van der Waals surface area contributed by atoms with Gasteiger partial charge in [0, 0.05) is 25.3 Å². The average Bonchev–Trinajstić information content (AvgIpc) is 3.23. The summed E-state index contributed by atoms with van der Waals surface area (Å²) in [6.45, 7) is 12.6. The van der Waals surface area contributed by atoms with E-state index in [9.17, 15) is 9.59 Å². The minimum atomic E-state index is -0.403. The fourth-order valence-electron chi connectivity index (χ4n) is 4.55. The maximum absolute atomic E-state index is 13.2. The van der Waals surface area contributed by atoms with E-state index in [-0.39, 0.29) is 24.4 Å². The summed E-state index contributed by atoms with van der Waals surface area (Å²) in [5, 5.41) is 5.80. The van der Waals surface area contributed by atoms with E-state index in [1.807, 2.05) is 62.3 Å². The molecule has 0 radical (unpaired) electrons. The number of esters is 1. The molecule has 8 nitrogen and oxygen atoms in total. The minimum Gasteiger partial charge on any atom is -0.459 e. The van der Waals surface area contributed by atoms with Gasteiger partial charge in [0.15, 0.2) is 5.17 Å². The number of aryl methyl sites for hydroxylation is 1. The van der Waals surface area contributed by atoms with Gasteiger partial charge in [-0.1, -0.05) is 41.6 Å². The Kier molecular flexibility index (Phi) is 8.87. The van der Waals surface area contributed by atoms with Crippen molar-refractivity contribution in [3.05, 3.63) is 57.8 Å². The van der Waals surface area contributed by atoms with Crippen LogP contribution in [0.1, 0.15) is 50.8 Å². The summed E-state index contributed by atoms with van der Waals surface area (Å²) in [5.74, 6) is -0.412. The summed E-state index contributed by atoms with van der Waals surface area (Å²) >= 11 is 1.49. The van der Waals surface area contributed by atoms with Gasteiger partial charge in [0.05, 0.1) is 43.1 Å². The number of amidine groups is 1. The molecule has 194 valence electrons. The van der Waals surface area contributed by atoms with Crippen molar-refractivity contribution in [3.63, 3.8) is 0 Å². The van der Waals surface area contributed by atoms with Crippen LogP contribution in [0, 0.1) is 6.92 Å². The second-order valence-corrected chi connectivity index (χ2v) is 10.4. The van der Waals surface area contributed by atoms with Crippen molar-refractivity contribution >= 4 is 28.8 Å². The molecule has 3 aliphatic rings. The molecule has 1 N–H and O–H groups in total. The van der Waals surface area contributed by atoms with E-state index in [4.69, 9.17) is 14.5 Å². The van der Waals surface area contributed by atoms with Gasteiger partial charge in [0.25, 0.3) is 0 Å². The van der Waals surface area contributed by atoms with Crippen LogP contribution in [0.5, 0.6) is 0 Å². The molecule has 1 saturated heterocycles. The monoisotopic (exact) mass is 512 g/mol. The topological polar surface area (TPSA) is 83.5 Å². The fraction of sp³-hybridized carbons (Fsp3) is 0.519. The molecule has 0 aromatic heterocycles. The number of aliphatic imine (C=N–C) groups is 1. The average molecular weight is 513 g/mol. The SMILES string of the molecule is CC1=C(C(=O)OC(C)C)[C@@H](c2ccc(C)cc2)N2C(CC(=O)NCCCN3CCOCC3)=CSC2=N1. The van der Waals surface area contributed by atoms with Gasteiger partial charge in [0.2, 0.25) is 5.91 Å². The Morgan fingerprint density at radius 2 is 1.92 bits per heavy atom. The van der Waals surface area contributed by atoms with Crippen LogP contribution in [0.2, 0.25) is 0 Å². The van der Waals surface area contributed by atoms with Crippen molar-refractivity contribution in [1.29, 1.82) is 0 Å². The number of carbonyl (C=O) groups excluding carboxylic acids is 2. The van der Waals surface area contributed by atoms with Crippen LogP contribution in [0.3, 0.4) is 0 Å². The number of carbonyl (C=O) groups is 2. The first kappa shape index (κ1) is 26.4. The molecule has 1 aromatic carbocycles. The minimum absolute atomic E-state index is 0.0367. The summed E-state index contributed by atoms with van der Waals surface area (Å²) < 4.78 is 11.0. The number of hydrogen-bond acceptors (Lipinski definition) is 8. The van der Waals surface area contributed by atoms with Crippen LogP contribution in [0.4, 0.5) is 0 Å². The number of thioether (sulfide) groups is 1. The molecule has 1 atom stereocenters. The highest BCUT2D eigenvalue weighted by atomic mass is 32.2. The van der Waals surface area contributed by atoms with Gasteiger partial charge in [-0.3, -0.25) is 9.69 Å². The predicted molar refractivity (Wildman–Crippen MR) is 142 cm³/mol. The van der Waals surface area contributed by atoms with Crippen LogP contribution in [-0.4, -0.2) is 72.3 Å². The number of nitrogens with zero attached hydrogens (tertiary/aromatic N) is 3. The molecular formula is C27H36N4O4S. The van der Waals surface area contributed by atoms with Gasteiger partial charge in [0.1, 0.15) is 0 Å². The molecule has 1 aromatic rings. The quantitative estimate of drug-likeness (QED) is 0.399. The lowest BCUT2D eigenvalue weighted by atomic mass is 9.93. The Morgan fingerprint density at radius 1 is 1.19 bits per heavy atom. The van der Waals surface area contributed by atoms with Crippen LogP contribution in [0.25, 0.3) is 0 Å². The van der Waals surface area contributed by atoms with Crippen LogP contribution >= 0.6 is 11.8 Å². The molecule has 1 amide bonds. The van der Waals surface area contributed by atoms with Crippen LogP contribution < -0.4 is 5.32 Å². The van der Waals surface area contributed by atoms with Gasteiger partial charge >= 0.3 is 5.97 Å². The number of benzene rings is 1. The Morgan fingerprint density at radius 3 is 2.61 bits per heavy atom. The standard InChI is InChI=1S/C27H36N4O4S/c1-18(2)35-26(33)24-20(4)29-27-31(25(24)21-8-6-19(3)7-9-21)22(17-36-27)16-23(32)28-10-5-11-30-12-14-34-15-13-30/h6-9,17-18,25H,5,10-16H2,1-4H3,(H,28,32)/t25-/m1/s1. The first-order valence-electron chi connectivity index (χ1n) is 12.6. The molecule has 4 rings (SSSR count). The van der Waals surface area contributed by atoms with Crippen molar-refractivity contribution < 1.29 is 19.1 Å². The highest BCUT2D eigenvalue weighted by Crippen LogP contribution is 2.44. The molecule has 9 heteroatoms. The molecule has 0 spiro atoms. The number of fused-ring (bicyclic) bond motifs is 1. The van der Waals surface area contributed by atoms with E-state index in [1.165, 1.54) is 11.8 Å². The zero-order valence-electron chi connectivity index (χ0n) is 21.6. The number of nitrogens with one attached hydrogen (secondary N) is 1. The van der Waals surface area contributed by atoms with Crippen LogP contribution in [-0.2, 0) is 19.1 Å². The molecule has 0 unspecified atom stereocenters. The smallest absolute Gasteiger partial charge is 0.338 e. The molecule has 3 heterocycles. The molecule has 0 bridgehead atoms. The Bertz CT molecular complexity index is 1060. The maximum atomic E-state index is 13.2. The van der Waals surface area contributed by atoms with Crippen molar-refractivity contribution in [2.24, 2.45) is 4.99 Å². The third-order valence-corrected chi connectivity index (χ3v) is 7.26. The van der Waals surface area contributed by atoms with Gasteiger partial charge in [-0.25, -0.2) is 9.79 Å². The largest absolute Gasteiger partial charge is 0.459 e. The van der Waals surface area contributed by atoms with Crippen molar-refractivity contribution in [2.75, 3.05) is 39.4 Å². The number of amides is 1. The van der Waals surface area contributed by atoms with Gasteiger partial charge in [-0.2, -0.15) is 0 Å². The summed E-state index contributed by atoms with van der Waals surface area (Å²) in [5.41, 5.74) is 4.08. The third-order valence-electron chi connectivity index (χ3n) is 6.38. The lowest BCUT2D eigenvalue weighted by molar-refractivity contribution is -0.143. The zero-order chi connectivity index (χ0) is 25.7. The summed E-state index contributed by atoms with van der Waals surface area (Å²) in [7, 11) is 0. The number of hydrogen-bond donors (Lipinski definition) is 1. The van der Waals surface area contributed by atoms with Gasteiger partial charge in [-0.15, -0.1) is 0 Å². The molecule has 36 heavy (non-hydrogen) atoms. The lowest BCUT2D eigenvalue weighted by Gasteiger charge is -2.36. The van der Waals surface area contributed by atoms with E-state index in [1.54, 1.807) is 0 Å². The predicted octanol–water partition coefficient (Wildman–Crippen LogP) is 3.75. The first-order valence-corrected chi connectivity index (χ1v) is 13.5. The normalized spacial score (nSPS) is 20.2. The Labute approximate surface area is 217 Å². The number of morpholine rings is 1. The highest BCUT2D eigenvalue weighted by Gasteiger charge is 2.41. The number of ether oxygens (including phenoxy) is 2. The molecule has 3 aliphatic heterocycles. The van der Waals surface area contributed by atoms with Crippen molar-refractivity contribution in [3.8, 4) is 0 Å². The van der Waals surface area contributed by atoms with Gasteiger partial charge in [-0.05, 0) is 51.6 Å². The number of allylic oxidation sites excluding steroid dienone is 1. The van der Waals surface area contributed by atoms with E-state index < -0.39 is 6.04 Å². The molecule has 0 aliphatic carbocycles. The van der Waals surface area contributed by atoms with E-state index in [0.29, 0.717) is 17.8 Å². The third kappa shape index (κ3) is 6.38. The maximum Gasteiger partial charge on any atom is 0.338 e. The van der Waals surface area contributed by atoms with E-state index >= 15 is 0 Å². The van der Waals surface area contributed by atoms with Crippen molar-refractivity contribution in [1.82, 2.24) is 15.1 Å². The second-order valence-electron chi connectivity index (χ2n) is 9.59. The van der Waals surface area contributed by atoms with E-state index in [2.05, 4.69) is 10.2 Å². The fourth-order valence-corrected chi connectivity index (χ4v) is 5.52. The molecule has 1 fully saturated rings. The first-order chi connectivity index (χ1) is 17.3. The van der Waals surface area contributed by atoms with Crippen molar-refractivity contribution in [2.45, 2.75) is 52.7 Å². The summed E-state index contributed by atoms with van der Waals surface area (Å²) in [6, 6.07) is 7.74. The Hall–Kier alpha value is -2.62. The highest BCUT2D eigenvalue weighted by molar-refractivity contribution is 8.16.